The third-order valence-corrected chi connectivity index (χ3v) is 3.89. The fraction of sp³-hybridized carbons (Fsp3) is 0.400. The predicted molar refractivity (Wildman–Crippen MR) is 94.6 cm³/mol. The molecule has 0 radical (unpaired) electrons. The highest BCUT2D eigenvalue weighted by molar-refractivity contribution is 5.31. The molecular weight excluding hydrogens is 305 g/mol. The van der Waals surface area contributed by atoms with Crippen molar-refractivity contribution in [1.29, 1.82) is 0 Å². The molecule has 0 heterocycles. The lowest BCUT2D eigenvalue weighted by Gasteiger charge is -2.25. The van der Waals surface area contributed by atoms with Gasteiger partial charge in [0.25, 0.3) is 0 Å². The van der Waals surface area contributed by atoms with Gasteiger partial charge in [0, 0.05) is 18.7 Å². The minimum atomic E-state index is -0.622. The first-order valence-corrected chi connectivity index (χ1v) is 8.42. The third kappa shape index (κ3) is 5.62. The molecule has 0 saturated carbocycles. The maximum atomic E-state index is 13.8. The van der Waals surface area contributed by atoms with Gasteiger partial charge in [-0.05, 0) is 37.6 Å². The number of halogens is 1. The molecule has 1 N–H and O–H groups in total. The number of para-hydroxylation sites is 1. The minimum Gasteiger partial charge on any atom is -0.491 e. The Labute approximate surface area is 143 Å². The van der Waals surface area contributed by atoms with Gasteiger partial charge in [0.15, 0.2) is 0 Å². The van der Waals surface area contributed by atoms with Crippen LogP contribution in [0, 0.1) is 12.7 Å². The monoisotopic (exact) mass is 331 g/mol. The van der Waals surface area contributed by atoms with Gasteiger partial charge < -0.3 is 9.84 Å². The highest BCUT2D eigenvalue weighted by atomic mass is 19.1. The van der Waals surface area contributed by atoms with Crippen LogP contribution in [0.5, 0.6) is 5.75 Å². The van der Waals surface area contributed by atoms with E-state index in [2.05, 4.69) is 11.8 Å². The summed E-state index contributed by atoms with van der Waals surface area (Å²) >= 11 is 0. The van der Waals surface area contributed by atoms with Gasteiger partial charge in [-0.2, -0.15) is 0 Å². The van der Waals surface area contributed by atoms with Crippen LogP contribution < -0.4 is 4.74 Å². The van der Waals surface area contributed by atoms with Gasteiger partial charge in [0.2, 0.25) is 0 Å². The summed E-state index contributed by atoms with van der Waals surface area (Å²) in [7, 11) is 0. The maximum Gasteiger partial charge on any atom is 0.127 e. The number of rotatable bonds is 9. The number of aliphatic hydroxyl groups is 1. The van der Waals surface area contributed by atoms with Gasteiger partial charge in [-0.3, -0.25) is 4.90 Å². The summed E-state index contributed by atoms with van der Waals surface area (Å²) in [6.45, 7) is 6.02. The van der Waals surface area contributed by atoms with Crippen molar-refractivity contribution in [3.63, 3.8) is 0 Å². The molecule has 0 fully saturated rings. The molecule has 3 nitrogen and oxygen atoms in total. The molecule has 1 atom stereocenters. The zero-order valence-electron chi connectivity index (χ0n) is 14.4. The summed E-state index contributed by atoms with van der Waals surface area (Å²) in [5.41, 5.74) is 1.69. The molecule has 0 saturated heterocycles. The summed E-state index contributed by atoms with van der Waals surface area (Å²) < 4.78 is 19.5. The molecule has 4 heteroatoms. The summed E-state index contributed by atoms with van der Waals surface area (Å²) in [5, 5.41) is 10.3. The first-order valence-electron chi connectivity index (χ1n) is 8.42. The second kappa shape index (κ2) is 9.40. The van der Waals surface area contributed by atoms with Crippen molar-refractivity contribution in [3.05, 3.63) is 65.5 Å². The number of hydrogen-bond acceptors (Lipinski definition) is 3. The van der Waals surface area contributed by atoms with Gasteiger partial charge in [-0.1, -0.05) is 43.3 Å². The van der Waals surface area contributed by atoms with Crippen LogP contribution in [0.4, 0.5) is 4.39 Å². The van der Waals surface area contributed by atoms with Crippen molar-refractivity contribution in [2.75, 3.05) is 19.7 Å². The summed E-state index contributed by atoms with van der Waals surface area (Å²) in [6, 6.07) is 14.5. The number of aliphatic hydroxyl groups excluding tert-OH is 1. The van der Waals surface area contributed by atoms with Crippen LogP contribution in [-0.2, 0) is 6.54 Å². The molecule has 1 unspecified atom stereocenters. The van der Waals surface area contributed by atoms with Gasteiger partial charge in [0.05, 0.1) is 0 Å². The standard InChI is InChI=1S/C20H26FNO2/c1-3-12-22(13-17-9-5-6-10-19(17)21)14-18(23)15-24-20-11-7-4-8-16(20)2/h4-11,18,23H,3,12-15H2,1-2H3. The Morgan fingerprint density at radius 3 is 2.54 bits per heavy atom. The van der Waals surface area contributed by atoms with Crippen LogP contribution in [0.1, 0.15) is 24.5 Å². The molecule has 2 aromatic carbocycles. The van der Waals surface area contributed by atoms with Crippen LogP contribution in [0.2, 0.25) is 0 Å². The van der Waals surface area contributed by atoms with Gasteiger partial charge >= 0.3 is 0 Å². The molecule has 0 amide bonds. The van der Waals surface area contributed by atoms with Crippen LogP contribution in [0.15, 0.2) is 48.5 Å². The van der Waals surface area contributed by atoms with Gasteiger partial charge in [-0.25, -0.2) is 4.39 Å². The highest BCUT2D eigenvalue weighted by Gasteiger charge is 2.14. The van der Waals surface area contributed by atoms with Crippen molar-refractivity contribution in [3.8, 4) is 5.75 Å². The van der Waals surface area contributed by atoms with E-state index < -0.39 is 6.10 Å². The first kappa shape index (κ1) is 18.4. The molecule has 0 aromatic heterocycles. The maximum absolute atomic E-state index is 13.8. The predicted octanol–water partition coefficient (Wildman–Crippen LogP) is 3.79. The number of benzene rings is 2. The lowest BCUT2D eigenvalue weighted by Crippen LogP contribution is -2.36. The fourth-order valence-electron chi connectivity index (χ4n) is 2.67. The Bertz CT molecular complexity index is 633. The lowest BCUT2D eigenvalue weighted by molar-refractivity contribution is 0.0650. The molecule has 0 aliphatic rings. The molecule has 0 spiro atoms. The molecule has 0 aliphatic carbocycles. The number of nitrogens with zero attached hydrogens (tertiary/aromatic N) is 1. The molecule has 0 aliphatic heterocycles. The van der Waals surface area contributed by atoms with Crippen LogP contribution >= 0.6 is 0 Å². The Balaban J connectivity index is 1.89. The van der Waals surface area contributed by atoms with E-state index >= 15 is 0 Å². The van der Waals surface area contributed by atoms with E-state index in [1.165, 1.54) is 6.07 Å². The zero-order chi connectivity index (χ0) is 17.4. The Morgan fingerprint density at radius 1 is 1.12 bits per heavy atom. The molecule has 2 aromatic rings. The topological polar surface area (TPSA) is 32.7 Å². The van der Waals surface area contributed by atoms with Crippen molar-refractivity contribution < 1.29 is 14.2 Å². The fourth-order valence-corrected chi connectivity index (χ4v) is 2.67. The quantitative estimate of drug-likeness (QED) is 0.759. The van der Waals surface area contributed by atoms with Gasteiger partial charge in [0.1, 0.15) is 24.3 Å². The van der Waals surface area contributed by atoms with Gasteiger partial charge in [-0.15, -0.1) is 0 Å². The summed E-state index contributed by atoms with van der Waals surface area (Å²) in [6.07, 6.45) is 0.322. The van der Waals surface area contributed by atoms with Crippen molar-refractivity contribution in [2.45, 2.75) is 32.9 Å². The zero-order valence-corrected chi connectivity index (χ0v) is 14.4. The third-order valence-electron chi connectivity index (χ3n) is 3.89. The van der Waals surface area contributed by atoms with E-state index in [0.29, 0.717) is 18.7 Å². The Hall–Kier alpha value is -1.91. The SMILES string of the molecule is CCCN(Cc1ccccc1F)CC(O)COc1ccccc1C. The number of ether oxygens (including phenoxy) is 1. The van der Waals surface area contributed by atoms with Crippen molar-refractivity contribution in [1.82, 2.24) is 4.90 Å². The Morgan fingerprint density at radius 2 is 1.83 bits per heavy atom. The van der Waals surface area contributed by atoms with Crippen LogP contribution in [-0.4, -0.2) is 35.8 Å². The number of aryl methyl sites for hydroxylation is 1. The largest absolute Gasteiger partial charge is 0.491 e. The van der Waals surface area contributed by atoms with Crippen molar-refractivity contribution in [2.24, 2.45) is 0 Å². The van der Waals surface area contributed by atoms with E-state index in [1.54, 1.807) is 12.1 Å². The first-order chi connectivity index (χ1) is 11.6. The minimum absolute atomic E-state index is 0.204. The second-order valence-corrected chi connectivity index (χ2v) is 6.06. The normalized spacial score (nSPS) is 12.4. The Kier molecular flexibility index (Phi) is 7.22. The molecule has 130 valence electrons. The molecule has 24 heavy (non-hydrogen) atoms. The average molecular weight is 331 g/mol. The van der Waals surface area contributed by atoms with Crippen LogP contribution in [0.3, 0.4) is 0 Å². The highest BCUT2D eigenvalue weighted by Crippen LogP contribution is 2.16. The summed E-state index contributed by atoms with van der Waals surface area (Å²) in [4.78, 5) is 2.06. The molecule has 2 rings (SSSR count). The second-order valence-electron chi connectivity index (χ2n) is 6.06. The van der Waals surface area contributed by atoms with Crippen molar-refractivity contribution >= 4 is 0 Å². The smallest absolute Gasteiger partial charge is 0.127 e. The average Bonchev–Trinajstić information content (AvgIpc) is 2.56. The lowest BCUT2D eigenvalue weighted by atomic mass is 10.2. The summed E-state index contributed by atoms with van der Waals surface area (Å²) in [5.74, 6) is 0.581. The van der Waals surface area contributed by atoms with E-state index in [-0.39, 0.29) is 12.4 Å². The van der Waals surface area contributed by atoms with E-state index in [9.17, 15) is 9.50 Å². The number of hydrogen-bond donors (Lipinski definition) is 1. The molecule has 0 bridgehead atoms. The van der Waals surface area contributed by atoms with E-state index in [0.717, 1.165) is 24.3 Å². The van der Waals surface area contributed by atoms with Crippen LogP contribution in [0.25, 0.3) is 0 Å². The van der Waals surface area contributed by atoms with E-state index in [4.69, 9.17) is 4.74 Å². The molecular formula is C20H26FNO2. The van der Waals surface area contributed by atoms with E-state index in [1.807, 2.05) is 37.3 Å².